The van der Waals surface area contributed by atoms with Crippen LogP contribution in [0.1, 0.15) is 23.7 Å². The molecule has 2 rings (SSSR count). The third-order valence-corrected chi connectivity index (χ3v) is 3.10. The molecule has 0 aliphatic carbocycles. The number of aliphatic hydroxyl groups is 1. The van der Waals surface area contributed by atoms with Crippen molar-refractivity contribution in [1.29, 1.82) is 0 Å². The van der Waals surface area contributed by atoms with E-state index < -0.39 is 29.9 Å². The standard InChI is InChI=1S/C12H13F2NO3/c1-6-2-7(9(14)3-8(6)13)11-4-10(16)12(18-11)5-15-17/h2-3,10-12,16H,4-5H2,1H3. The molecule has 6 heteroatoms. The lowest BCUT2D eigenvalue weighted by atomic mass is 10.0. The third-order valence-electron chi connectivity index (χ3n) is 3.10. The van der Waals surface area contributed by atoms with Crippen LogP contribution in [-0.2, 0) is 4.74 Å². The van der Waals surface area contributed by atoms with Crippen LogP contribution in [0.4, 0.5) is 8.78 Å². The molecule has 0 radical (unpaired) electrons. The normalized spacial score (nSPS) is 27.4. The smallest absolute Gasteiger partial charge is 0.131 e. The number of aliphatic hydroxyl groups excluding tert-OH is 1. The molecule has 1 aromatic rings. The van der Waals surface area contributed by atoms with Crippen molar-refractivity contribution in [2.45, 2.75) is 31.7 Å². The van der Waals surface area contributed by atoms with Gasteiger partial charge in [-0.2, -0.15) is 4.91 Å². The van der Waals surface area contributed by atoms with Gasteiger partial charge in [-0.25, -0.2) is 8.78 Å². The number of benzene rings is 1. The fraction of sp³-hybridized carbons (Fsp3) is 0.500. The minimum Gasteiger partial charge on any atom is -0.390 e. The number of hydrogen-bond acceptors (Lipinski definition) is 4. The molecule has 0 amide bonds. The SMILES string of the molecule is Cc1cc(C2CC(O)C(CN=O)O2)c(F)cc1F. The Kier molecular flexibility index (Phi) is 3.68. The monoisotopic (exact) mass is 257 g/mol. The Bertz CT molecular complexity index is 467. The number of halogens is 2. The zero-order chi connectivity index (χ0) is 13.3. The summed E-state index contributed by atoms with van der Waals surface area (Å²) in [4.78, 5) is 10.2. The first-order valence-corrected chi connectivity index (χ1v) is 5.61. The highest BCUT2D eigenvalue weighted by molar-refractivity contribution is 5.28. The lowest BCUT2D eigenvalue weighted by molar-refractivity contribution is 0.0145. The number of rotatable bonds is 3. The fourth-order valence-corrected chi connectivity index (χ4v) is 2.09. The van der Waals surface area contributed by atoms with Crippen LogP contribution in [0.15, 0.2) is 17.3 Å². The maximum absolute atomic E-state index is 13.6. The van der Waals surface area contributed by atoms with E-state index >= 15 is 0 Å². The van der Waals surface area contributed by atoms with Crippen molar-refractivity contribution < 1.29 is 18.6 Å². The molecule has 3 atom stereocenters. The maximum Gasteiger partial charge on any atom is 0.131 e. The number of ether oxygens (including phenoxy) is 1. The van der Waals surface area contributed by atoms with Gasteiger partial charge in [-0.05, 0) is 18.6 Å². The van der Waals surface area contributed by atoms with Crippen molar-refractivity contribution in [1.82, 2.24) is 0 Å². The van der Waals surface area contributed by atoms with Crippen LogP contribution in [0.2, 0.25) is 0 Å². The number of nitrogens with zero attached hydrogens (tertiary/aromatic N) is 1. The van der Waals surface area contributed by atoms with Crippen LogP contribution in [0.25, 0.3) is 0 Å². The third kappa shape index (κ3) is 2.39. The largest absolute Gasteiger partial charge is 0.390 e. The van der Waals surface area contributed by atoms with Gasteiger partial charge in [-0.15, -0.1) is 0 Å². The minimum absolute atomic E-state index is 0.169. The van der Waals surface area contributed by atoms with Gasteiger partial charge in [0.2, 0.25) is 0 Å². The topological polar surface area (TPSA) is 58.9 Å². The Labute approximate surface area is 103 Å². The average molecular weight is 257 g/mol. The number of hydrogen-bond donors (Lipinski definition) is 1. The maximum atomic E-state index is 13.6. The molecule has 3 unspecified atom stereocenters. The van der Waals surface area contributed by atoms with Gasteiger partial charge in [0.25, 0.3) is 0 Å². The Morgan fingerprint density at radius 3 is 2.83 bits per heavy atom. The first kappa shape index (κ1) is 13.0. The molecule has 4 nitrogen and oxygen atoms in total. The van der Waals surface area contributed by atoms with Gasteiger partial charge in [0.05, 0.1) is 12.2 Å². The average Bonchev–Trinajstić information content (AvgIpc) is 2.66. The Morgan fingerprint density at radius 1 is 1.44 bits per heavy atom. The van der Waals surface area contributed by atoms with Gasteiger partial charge < -0.3 is 9.84 Å². The molecule has 1 fully saturated rings. The van der Waals surface area contributed by atoms with E-state index in [1.165, 1.54) is 13.0 Å². The Balaban J connectivity index is 2.23. The van der Waals surface area contributed by atoms with Gasteiger partial charge in [-0.1, -0.05) is 5.18 Å². The molecule has 0 aromatic heterocycles. The van der Waals surface area contributed by atoms with Crippen LogP contribution in [-0.4, -0.2) is 23.9 Å². The van der Waals surface area contributed by atoms with E-state index in [4.69, 9.17) is 4.74 Å². The molecule has 1 N–H and O–H groups in total. The summed E-state index contributed by atoms with van der Waals surface area (Å²) in [6.07, 6.45) is -2.09. The fourth-order valence-electron chi connectivity index (χ4n) is 2.09. The summed E-state index contributed by atoms with van der Waals surface area (Å²) in [7, 11) is 0. The van der Waals surface area contributed by atoms with Gasteiger partial charge in [0.15, 0.2) is 0 Å². The highest BCUT2D eigenvalue weighted by Crippen LogP contribution is 2.35. The zero-order valence-electron chi connectivity index (χ0n) is 9.77. The van der Waals surface area contributed by atoms with E-state index in [1.54, 1.807) is 0 Å². The lowest BCUT2D eigenvalue weighted by Crippen LogP contribution is -2.23. The first-order chi connectivity index (χ1) is 8.52. The van der Waals surface area contributed by atoms with E-state index in [9.17, 15) is 18.8 Å². The molecule has 0 saturated carbocycles. The van der Waals surface area contributed by atoms with Crippen molar-refractivity contribution in [3.8, 4) is 0 Å². The predicted octanol–water partition coefficient (Wildman–Crippen LogP) is 2.23. The second kappa shape index (κ2) is 5.07. The second-order valence-electron chi connectivity index (χ2n) is 4.40. The van der Waals surface area contributed by atoms with E-state index in [2.05, 4.69) is 5.18 Å². The molecular weight excluding hydrogens is 244 g/mol. The van der Waals surface area contributed by atoms with E-state index in [1.807, 2.05) is 0 Å². The van der Waals surface area contributed by atoms with E-state index in [-0.39, 0.29) is 18.5 Å². The molecule has 1 aromatic carbocycles. The first-order valence-electron chi connectivity index (χ1n) is 5.61. The molecule has 1 aliphatic rings. The van der Waals surface area contributed by atoms with Crippen molar-refractivity contribution in [2.75, 3.05) is 6.54 Å². The second-order valence-corrected chi connectivity index (χ2v) is 4.40. The van der Waals surface area contributed by atoms with E-state index in [0.717, 1.165) is 6.07 Å². The lowest BCUT2D eigenvalue weighted by Gasteiger charge is -2.13. The van der Waals surface area contributed by atoms with Crippen molar-refractivity contribution in [2.24, 2.45) is 5.18 Å². The summed E-state index contributed by atoms with van der Waals surface area (Å²) in [5.41, 5.74) is 0.503. The van der Waals surface area contributed by atoms with Gasteiger partial charge in [-0.3, -0.25) is 0 Å². The summed E-state index contributed by atoms with van der Waals surface area (Å²) in [6, 6.07) is 2.16. The molecule has 0 spiro atoms. The van der Waals surface area contributed by atoms with Gasteiger partial charge in [0, 0.05) is 18.1 Å². The summed E-state index contributed by atoms with van der Waals surface area (Å²) < 4.78 is 32.1. The molecule has 1 saturated heterocycles. The summed E-state index contributed by atoms with van der Waals surface area (Å²) in [5, 5.41) is 12.3. The summed E-state index contributed by atoms with van der Waals surface area (Å²) in [6.45, 7) is 1.34. The van der Waals surface area contributed by atoms with Gasteiger partial charge in [0.1, 0.15) is 24.3 Å². The van der Waals surface area contributed by atoms with Gasteiger partial charge >= 0.3 is 0 Å². The van der Waals surface area contributed by atoms with Crippen LogP contribution < -0.4 is 0 Å². The van der Waals surface area contributed by atoms with Crippen LogP contribution >= 0.6 is 0 Å². The van der Waals surface area contributed by atoms with Crippen molar-refractivity contribution >= 4 is 0 Å². The van der Waals surface area contributed by atoms with Crippen molar-refractivity contribution in [3.05, 3.63) is 39.8 Å². The molecule has 0 bridgehead atoms. The van der Waals surface area contributed by atoms with Crippen LogP contribution in [0, 0.1) is 23.5 Å². The Hall–Kier alpha value is -1.40. The zero-order valence-corrected chi connectivity index (χ0v) is 9.77. The van der Waals surface area contributed by atoms with Crippen molar-refractivity contribution in [3.63, 3.8) is 0 Å². The van der Waals surface area contributed by atoms with Crippen LogP contribution in [0.3, 0.4) is 0 Å². The highest BCUT2D eigenvalue weighted by Gasteiger charge is 2.36. The number of nitroso groups, excluding NO2 is 1. The molecule has 1 aliphatic heterocycles. The number of aryl methyl sites for hydroxylation is 1. The predicted molar refractivity (Wildman–Crippen MR) is 60.0 cm³/mol. The highest BCUT2D eigenvalue weighted by atomic mass is 19.1. The Morgan fingerprint density at radius 2 is 2.17 bits per heavy atom. The molecular formula is C12H13F2NO3. The van der Waals surface area contributed by atoms with E-state index in [0.29, 0.717) is 5.56 Å². The quantitative estimate of drug-likeness (QED) is 0.845. The van der Waals surface area contributed by atoms with Crippen LogP contribution in [0.5, 0.6) is 0 Å². The minimum atomic E-state index is -0.863. The molecule has 98 valence electrons. The molecule has 1 heterocycles. The summed E-state index contributed by atoms with van der Waals surface area (Å²) in [5.74, 6) is -1.34. The molecule has 18 heavy (non-hydrogen) atoms. The summed E-state index contributed by atoms with van der Waals surface area (Å²) >= 11 is 0.